The molecule has 2 nitrogen and oxygen atoms in total. The number of hydrogen-bond donors (Lipinski definition) is 1. The Morgan fingerprint density at radius 2 is 2.12 bits per heavy atom. The number of carboxylic acids is 1. The fourth-order valence-electron chi connectivity index (χ4n) is 3.23. The Labute approximate surface area is 103 Å². The van der Waals surface area contributed by atoms with Crippen molar-refractivity contribution in [3.8, 4) is 0 Å². The second kappa shape index (κ2) is 4.91. The molecule has 2 heteroatoms. The maximum atomic E-state index is 11.1. The predicted octanol–water partition coefficient (Wildman–Crippen LogP) is 3.51. The highest BCUT2D eigenvalue weighted by atomic mass is 16.4. The van der Waals surface area contributed by atoms with E-state index in [0.717, 1.165) is 19.3 Å². The molecule has 0 spiro atoms. The van der Waals surface area contributed by atoms with Gasteiger partial charge in [0.05, 0.1) is 6.42 Å². The Morgan fingerprint density at radius 3 is 2.65 bits per heavy atom. The highest BCUT2D eigenvalue weighted by Crippen LogP contribution is 2.46. The molecule has 0 aromatic heterocycles. The van der Waals surface area contributed by atoms with E-state index >= 15 is 0 Å². The van der Waals surface area contributed by atoms with Gasteiger partial charge >= 0.3 is 5.97 Å². The molecule has 1 saturated carbocycles. The van der Waals surface area contributed by atoms with Crippen LogP contribution < -0.4 is 0 Å². The van der Waals surface area contributed by atoms with Crippen LogP contribution in [0, 0.1) is 11.3 Å². The van der Waals surface area contributed by atoms with Crippen LogP contribution in [0.4, 0.5) is 0 Å². The lowest BCUT2D eigenvalue weighted by Crippen LogP contribution is -2.24. The minimum atomic E-state index is -0.657. The van der Waals surface area contributed by atoms with Crippen molar-refractivity contribution < 1.29 is 9.90 Å². The number of aliphatic carboxylic acids is 1. The van der Waals surface area contributed by atoms with Crippen LogP contribution in [0.15, 0.2) is 30.3 Å². The van der Waals surface area contributed by atoms with E-state index in [0.29, 0.717) is 12.3 Å². The lowest BCUT2D eigenvalue weighted by Gasteiger charge is -2.27. The molecule has 17 heavy (non-hydrogen) atoms. The molecule has 0 aliphatic heterocycles. The minimum Gasteiger partial charge on any atom is -0.481 e. The van der Waals surface area contributed by atoms with Crippen LogP contribution in [0.25, 0.3) is 0 Å². The van der Waals surface area contributed by atoms with Gasteiger partial charge in [0.25, 0.3) is 0 Å². The van der Waals surface area contributed by atoms with Crippen molar-refractivity contribution in [2.24, 2.45) is 11.3 Å². The summed E-state index contributed by atoms with van der Waals surface area (Å²) in [7, 11) is 0. The summed E-state index contributed by atoms with van der Waals surface area (Å²) in [6.45, 7) is 2.23. The highest BCUT2D eigenvalue weighted by Gasteiger charge is 2.39. The van der Waals surface area contributed by atoms with Gasteiger partial charge in [-0.25, -0.2) is 0 Å². The van der Waals surface area contributed by atoms with Gasteiger partial charge < -0.3 is 5.11 Å². The van der Waals surface area contributed by atoms with Crippen molar-refractivity contribution in [3.63, 3.8) is 0 Å². The molecule has 1 aromatic rings. The zero-order chi connectivity index (χ0) is 12.3. The molecule has 1 fully saturated rings. The predicted molar refractivity (Wildman–Crippen MR) is 67.8 cm³/mol. The quantitative estimate of drug-likeness (QED) is 0.862. The molecular weight excluding hydrogens is 212 g/mol. The average molecular weight is 232 g/mol. The second-order valence-corrected chi connectivity index (χ2v) is 5.58. The van der Waals surface area contributed by atoms with E-state index in [-0.39, 0.29) is 5.41 Å². The summed E-state index contributed by atoms with van der Waals surface area (Å²) in [6.07, 6.45) is 4.49. The molecule has 0 saturated heterocycles. The zero-order valence-electron chi connectivity index (χ0n) is 10.4. The summed E-state index contributed by atoms with van der Waals surface area (Å²) in [6, 6.07) is 10.3. The standard InChI is InChI=1S/C15H20O2/c1-12-7-8-15(9-12,11-14(16)17)10-13-5-3-2-4-6-13/h2-6,12H,7-11H2,1H3,(H,16,17)/t12-,15+/m0/s1. The summed E-state index contributed by atoms with van der Waals surface area (Å²) >= 11 is 0. The van der Waals surface area contributed by atoms with Crippen molar-refractivity contribution in [1.29, 1.82) is 0 Å². The third kappa shape index (κ3) is 3.09. The molecule has 0 bridgehead atoms. The van der Waals surface area contributed by atoms with Crippen molar-refractivity contribution >= 4 is 5.97 Å². The monoisotopic (exact) mass is 232 g/mol. The number of benzene rings is 1. The Hall–Kier alpha value is -1.31. The van der Waals surface area contributed by atoms with Crippen LogP contribution in [0.5, 0.6) is 0 Å². The van der Waals surface area contributed by atoms with Gasteiger partial charge in [-0.15, -0.1) is 0 Å². The summed E-state index contributed by atoms with van der Waals surface area (Å²) in [4.78, 5) is 11.1. The SMILES string of the molecule is C[C@H]1CC[C@](CC(=O)O)(Cc2ccccc2)C1. The third-order valence-electron chi connectivity index (χ3n) is 3.90. The van der Waals surface area contributed by atoms with E-state index in [1.165, 1.54) is 12.0 Å². The molecule has 2 atom stereocenters. The topological polar surface area (TPSA) is 37.3 Å². The highest BCUT2D eigenvalue weighted by molar-refractivity contribution is 5.67. The van der Waals surface area contributed by atoms with E-state index in [1.807, 2.05) is 18.2 Å². The van der Waals surface area contributed by atoms with E-state index in [1.54, 1.807) is 0 Å². The van der Waals surface area contributed by atoms with Crippen LogP contribution in [-0.2, 0) is 11.2 Å². The van der Waals surface area contributed by atoms with Gasteiger partial charge in [0, 0.05) is 0 Å². The first-order valence-electron chi connectivity index (χ1n) is 6.35. The molecule has 0 radical (unpaired) electrons. The van der Waals surface area contributed by atoms with Gasteiger partial charge in [-0.05, 0) is 36.2 Å². The van der Waals surface area contributed by atoms with E-state index in [2.05, 4.69) is 19.1 Å². The fraction of sp³-hybridized carbons (Fsp3) is 0.533. The molecule has 1 aliphatic rings. The first-order chi connectivity index (χ1) is 8.10. The number of hydrogen-bond acceptors (Lipinski definition) is 1. The Balaban J connectivity index is 2.14. The molecule has 92 valence electrons. The molecule has 1 aromatic carbocycles. The summed E-state index contributed by atoms with van der Waals surface area (Å²) in [5, 5.41) is 9.10. The maximum Gasteiger partial charge on any atom is 0.303 e. The van der Waals surface area contributed by atoms with E-state index in [9.17, 15) is 4.79 Å². The van der Waals surface area contributed by atoms with E-state index < -0.39 is 5.97 Å². The average Bonchev–Trinajstić information content (AvgIpc) is 2.60. The van der Waals surface area contributed by atoms with Crippen LogP contribution >= 0.6 is 0 Å². The third-order valence-corrected chi connectivity index (χ3v) is 3.90. The Kier molecular flexibility index (Phi) is 3.51. The fourth-order valence-corrected chi connectivity index (χ4v) is 3.23. The number of rotatable bonds is 4. The Morgan fingerprint density at radius 1 is 1.41 bits per heavy atom. The number of carbonyl (C=O) groups is 1. The molecular formula is C15H20O2. The summed E-state index contributed by atoms with van der Waals surface area (Å²) in [5.41, 5.74) is 1.26. The first-order valence-corrected chi connectivity index (χ1v) is 6.35. The minimum absolute atomic E-state index is 0.00734. The van der Waals surface area contributed by atoms with Gasteiger partial charge in [0.1, 0.15) is 0 Å². The normalized spacial score (nSPS) is 28.2. The smallest absolute Gasteiger partial charge is 0.303 e. The largest absolute Gasteiger partial charge is 0.481 e. The molecule has 0 heterocycles. The Bertz CT molecular complexity index is 385. The maximum absolute atomic E-state index is 11.1. The van der Waals surface area contributed by atoms with Gasteiger partial charge in [-0.3, -0.25) is 4.79 Å². The molecule has 1 N–H and O–H groups in total. The summed E-state index contributed by atoms with van der Waals surface area (Å²) < 4.78 is 0. The molecule has 1 aliphatic carbocycles. The van der Waals surface area contributed by atoms with Crippen molar-refractivity contribution in [2.75, 3.05) is 0 Å². The van der Waals surface area contributed by atoms with Gasteiger partial charge in [0.2, 0.25) is 0 Å². The van der Waals surface area contributed by atoms with Crippen molar-refractivity contribution in [2.45, 2.75) is 39.0 Å². The van der Waals surface area contributed by atoms with Gasteiger partial charge in [-0.1, -0.05) is 43.7 Å². The molecule has 2 rings (SSSR count). The van der Waals surface area contributed by atoms with Crippen molar-refractivity contribution in [1.82, 2.24) is 0 Å². The van der Waals surface area contributed by atoms with Crippen LogP contribution in [0.3, 0.4) is 0 Å². The summed E-state index contributed by atoms with van der Waals surface area (Å²) in [5.74, 6) is 0.00749. The van der Waals surface area contributed by atoms with Gasteiger partial charge in [0.15, 0.2) is 0 Å². The van der Waals surface area contributed by atoms with Crippen LogP contribution in [0.1, 0.15) is 38.2 Å². The van der Waals surface area contributed by atoms with Crippen molar-refractivity contribution in [3.05, 3.63) is 35.9 Å². The second-order valence-electron chi connectivity index (χ2n) is 5.58. The van der Waals surface area contributed by atoms with Gasteiger partial charge in [-0.2, -0.15) is 0 Å². The van der Waals surface area contributed by atoms with Crippen LogP contribution in [-0.4, -0.2) is 11.1 Å². The van der Waals surface area contributed by atoms with E-state index in [4.69, 9.17) is 5.11 Å². The number of carboxylic acid groups (broad SMARTS) is 1. The lowest BCUT2D eigenvalue weighted by molar-refractivity contribution is -0.139. The lowest BCUT2D eigenvalue weighted by atomic mass is 9.76. The first kappa shape index (κ1) is 12.2. The molecule has 0 amide bonds. The molecule has 0 unspecified atom stereocenters. The van der Waals surface area contributed by atoms with Crippen LogP contribution in [0.2, 0.25) is 0 Å². The zero-order valence-corrected chi connectivity index (χ0v) is 10.4.